The molecule has 0 saturated carbocycles. The Morgan fingerprint density at radius 3 is 2.42 bits per heavy atom. The molecule has 1 amide bonds. The van der Waals surface area contributed by atoms with Crippen molar-refractivity contribution >= 4 is 28.2 Å². The fraction of sp³-hybridized carbons (Fsp3) is 0.261. The summed E-state index contributed by atoms with van der Waals surface area (Å²) in [7, 11) is -3.46. The summed E-state index contributed by atoms with van der Waals surface area (Å²) in [5.41, 5.74) is 3.68. The van der Waals surface area contributed by atoms with Crippen LogP contribution in [0.25, 0.3) is 11.1 Å². The number of hydrogen-bond donors (Lipinski definition) is 1. The highest BCUT2D eigenvalue weighted by Gasteiger charge is 2.23. The molecule has 4 rings (SSSR count). The van der Waals surface area contributed by atoms with Crippen molar-refractivity contribution in [3.63, 3.8) is 0 Å². The minimum Gasteiger partial charge on any atom is -0.320 e. The molecule has 1 aliphatic heterocycles. The predicted molar refractivity (Wildman–Crippen MR) is 126 cm³/mol. The van der Waals surface area contributed by atoms with Gasteiger partial charge in [-0.3, -0.25) is 14.4 Å². The van der Waals surface area contributed by atoms with E-state index in [1.54, 1.807) is 4.90 Å². The second kappa shape index (κ2) is 9.55. The second-order valence-corrected chi connectivity index (χ2v) is 9.71. The van der Waals surface area contributed by atoms with Crippen LogP contribution < -0.4 is 4.72 Å². The highest BCUT2D eigenvalue weighted by atomic mass is 32.2. The molecule has 0 bridgehead atoms. The van der Waals surface area contributed by atoms with E-state index >= 15 is 0 Å². The number of carbonyl (C=O) groups excluding carboxylic acids is 2. The fourth-order valence-electron chi connectivity index (χ4n) is 3.82. The van der Waals surface area contributed by atoms with Crippen molar-refractivity contribution in [1.29, 1.82) is 0 Å². The van der Waals surface area contributed by atoms with Gasteiger partial charge in [0.05, 0.1) is 6.26 Å². The highest BCUT2D eigenvalue weighted by Crippen LogP contribution is 2.23. The number of carbonyl (C=O) groups is 2. The molecule has 1 saturated heterocycles. The molecule has 1 aromatic heterocycles. The van der Waals surface area contributed by atoms with Crippen LogP contribution >= 0.6 is 0 Å². The third kappa shape index (κ3) is 5.65. The number of nitrogens with one attached hydrogen (secondary N) is 1. The molecule has 2 aromatic carbocycles. The van der Waals surface area contributed by atoms with Crippen LogP contribution in [0.5, 0.6) is 0 Å². The van der Waals surface area contributed by atoms with Gasteiger partial charge < -0.3 is 4.90 Å². The molecule has 9 nitrogen and oxygen atoms in total. The number of nitrogens with zero attached hydrogens (tertiary/aromatic N) is 4. The van der Waals surface area contributed by atoms with Crippen molar-refractivity contribution in [2.75, 3.05) is 37.2 Å². The Hall–Kier alpha value is -3.50. The highest BCUT2D eigenvalue weighted by molar-refractivity contribution is 7.92. The van der Waals surface area contributed by atoms with E-state index in [1.807, 2.05) is 48.5 Å². The zero-order chi connectivity index (χ0) is 23.4. The van der Waals surface area contributed by atoms with Gasteiger partial charge in [-0.15, -0.1) is 5.10 Å². The number of anilines is 1. The lowest BCUT2D eigenvalue weighted by atomic mass is 9.99. The Labute approximate surface area is 192 Å². The van der Waals surface area contributed by atoms with E-state index < -0.39 is 10.0 Å². The first kappa shape index (κ1) is 22.7. The van der Waals surface area contributed by atoms with Gasteiger partial charge in [-0.05, 0) is 22.8 Å². The SMILES string of the molecule is CS(=O)(=O)Nc1ccn(C(=O)N2CCN(Cc3ccc(-c4ccccc4)cc3C=O)CC2)n1. The summed E-state index contributed by atoms with van der Waals surface area (Å²) in [6.45, 7) is 2.94. The van der Waals surface area contributed by atoms with E-state index in [-0.39, 0.29) is 11.8 Å². The molecule has 1 N–H and O–H groups in total. The van der Waals surface area contributed by atoms with E-state index in [0.717, 1.165) is 33.9 Å². The molecule has 0 aliphatic carbocycles. The molecular weight excluding hydrogens is 442 g/mol. The first-order valence-electron chi connectivity index (χ1n) is 10.5. The number of rotatable bonds is 6. The number of piperazine rings is 1. The summed E-state index contributed by atoms with van der Waals surface area (Å²) in [5, 5.41) is 4.00. The summed E-state index contributed by atoms with van der Waals surface area (Å²) in [6.07, 6.45) is 3.35. The molecule has 172 valence electrons. The summed E-state index contributed by atoms with van der Waals surface area (Å²) in [4.78, 5) is 28.3. The average Bonchev–Trinajstić information content (AvgIpc) is 3.26. The number of sulfonamides is 1. The minimum absolute atomic E-state index is 0.102. The normalized spacial score (nSPS) is 14.8. The van der Waals surface area contributed by atoms with Crippen LogP contribution in [0, 0.1) is 0 Å². The second-order valence-electron chi connectivity index (χ2n) is 7.96. The Bertz CT molecular complexity index is 1250. The van der Waals surface area contributed by atoms with Crippen molar-refractivity contribution in [1.82, 2.24) is 19.6 Å². The first-order chi connectivity index (χ1) is 15.8. The maximum Gasteiger partial charge on any atom is 0.344 e. The summed E-state index contributed by atoms with van der Waals surface area (Å²) in [5.74, 6) is 0.102. The average molecular weight is 468 g/mol. The topological polar surface area (TPSA) is 105 Å². The lowest BCUT2D eigenvalue weighted by molar-refractivity contribution is 0.111. The number of aldehydes is 1. The van der Waals surface area contributed by atoms with Gasteiger partial charge in [0, 0.05) is 50.6 Å². The Morgan fingerprint density at radius 1 is 1.03 bits per heavy atom. The van der Waals surface area contributed by atoms with Gasteiger partial charge in [-0.2, -0.15) is 4.68 Å². The lowest BCUT2D eigenvalue weighted by Crippen LogP contribution is -2.49. The Morgan fingerprint density at radius 2 is 1.76 bits per heavy atom. The molecule has 10 heteroatoms. The summed E-state index contributed by atoms with van der Waals surface area (Å²) >= 11 is 0. The van der Waals surface area contributed by atoms with E-state index in [1.165, 1.54) is 12.3 Å². The van der Waals surface area contributed by atoms with Crippen LogP contribution in [0.2, 0.25) is 0 Å². The monoisotopic (exact) mass is 467 g/mol. The van der Waals surface area contributed by atoms with Crippen molar-refractivity contribution < 1.29 is 18.0 Å². The van der Waals surface area contributed by atoms with Gasteiger partial charge in [-0.1, -0.05) is 42.5 Å². The van der Waals surface area contributed by atoms with Crippen molar-refractivity contribution in [2.45, 2.75) is 6.54 Å². The number of amides is 1. The zero-order valence-corrected chi connectivity index (χ0v) is 19.0. The van der Waals surface area contributed by atoms with Crippen LogP contribution in [0.1, 0.15) is 15.9 Å². The summed E-state index contributed by atoms with van der Waals surface area (Å²) < 4.78 is 26.0. The number of benzene rings is 2. The molecule has 1 fully saturated rings. The van der Waals surface area contributed by atoms with Crippen LogP contribution in [-0.2, 0) is 16.6 Å². The van der Waals surface area contributed by atoms with E-state index in [4.69, 9.17) is 0 Å². The van der Waals surface area contributed by atoms with Gasteiger partial charge in [0.15, 0.2) is 5.82 Å². The van der Waals surface area contributed by atoms with Crippen LogP contribution in [0.4, 0.5) is 10.6 Å². The molecule has 0 radical (unpaired) electrons. The molecule has 2 heterocycles. The van der Waals surface area contributed by atoms with Gasteiger partial charge in [0.1, 0.15) is 6.29 Å². The van der Waals surface area contributed by atoms with E-state index in [0.29, 0.717) is 38.3 Å². The zero-order valence-electron chi connectivity index (χ0n) is 18.2. The van der Waals surface area contributed by atoms with Gasteiger partial charge in [-0.25, -0.2) is 13.2 Å². The standard InChI is InChI=1S/C23H25N5O4S/c1-33(31,32)25-22-9-10-28(24-22)23(30)27-13-11-26(12-14-27)16-20-8-7-19(15-21(20)17-29)18-5-3-2-4-6-18/h2-10,15,17H,11-14,16H2,1H3,(H,24,25). The third-order valence-electron chi connectivity index (χ3n) is 5.49. The van der Waals surface area contributed by atoms with E-state index in [2.05, 4.69) is 14.7 Å². The largest absolute Gasteiger partial charge is 0.344 e. The fourth-order valence-corrected chi connectivity index (χ4v) is 4.31. The van der Waals surface area contributed by atoms with Crippen LogP contribution in [-0.4, -0.2) is 72.8 Å². The maximum atomic E-state index is 12.7. The molecule has 1 aliphatic rings. The lowest BCUT2D eigenvalue weighted by Gasteiger charge is -2.34. The predicted octanol–water partition coefficient (Wildman–Crippen LogP) is 2.52. The minimum atomic E-state index is -3.46. The van der Waals surface area contributed by atoms with Crippen molar-refractivity contribution in [2.24, 2.45) is 0 Å². The van der Waals surface area contributed by atoms with Crippen LogP contribution in [0.15, 0.2) is 60.8 Å². The number of hydrogen-bond acceptors (Lipinski definition) is 6. The third-order valence-corrected chi connectivity index (χ3v) is 6.07. The smallest absolute Gasteiger partial charge is 0.320 e. The molecule has 3 aromatic rings. The molecule has 33 heavy (non-hydrogen) atoms. The van der Waals surface area contributed by atoms with Gasteiger partial charge >= 0.3 is 6.03 Å². The van der Waals surface area contributed by atoms with Crippen molar-refractivity contribution in [3.8, 4) is 11.1 Å². The molecule has 0 atom stereocenters. The quantitative estimate of drug-likeness (QED) is 0.559. The molecule has 0 unspecified atom stereocenters. The molecule has 0 spiro atoms. The van der Waals surface area contributed by atoms with E-state index in [9.17, 15) is 18.0 Å². The Kier molecular flexibility index (Phi) is 6.57. The maximum absolute atomic E-state index is 12.7. The van der Waals surface area contributed by atoms with Crippen molar-refractivity contribution in [3.05, 3.63) is 71.9 Å². The van der Waals surface area contributed by atoms with Gasteiger partial charge in [0.2, 0.25) is 10.0 Å². The first-order valence-corrected chi connectivity index (χ1v) is 12.4. The summed E-state index contributed by atoms with van der Waals surface area (Å²) in [6, 6.07) is 17.0. The Balaban J connectivity index is 1.36. The van der Waals surface area contributed by atoms with Gasteiger partial charge in [0.25, 0.3) is 0 Å². The molecular formula is C23H25N5O4S. The number of aromatic nitrogens is 2. The van der Waals surface area contributed by atoms with Crippen LogP contribution in [0.3, 0.4) is 0 Å².